The Balaban J connectivity index is 1.72. The van der Waals surface area contributed by atoms with Gasteiger partial charge in [-0.1, -0.05) is 79.2 Å². The number of aliphatic hydroxyl groups is 1. The van der Waals surface area contributed by atoms with E-state index in [9.17, 15) is 24.3 Å². The van der Waals surface area contributed by atoms with Crippen molar-refractivity contribution in [1.29, 1.82) is 0 Å². The molecule has 276 valence electrons. The predicted molar refractivity (Wildman–Crippen MR) is 196 cm³/mol. The first-order valence-corrected chi connectivity index (χ1v) is 18.8. The van der Waals surface area contributed by atoms with Crippen molar-refractivity contribution < 1.29 is 33.8 Å². The number of carbonyl (C=O) groups is 4. The lowest BCUT2D eigenvalue weighted by Gasteiger charge is -2.45. The van der Waals surface area contributed by atoms with E-state index in [1.807, 2.05) is 44.2 Å². The number of hydrogen-bond acceptors (Lipinski definition) is 7. The molecule has 0 aliphatic carbocycles. The zero-order valence-corrected chi connectivity index (χ0v) is 32.1. The van der Waals surface area contributed by atoms with E-state index >= 15 is 0 Å². The van der Waals surface area contributed by atoms with Crippen LogP contribution >= 0.6 is 15.9 Å². The first kappa shape index (κ1) is 39.8. The molecule has 3 fully saturated rings. The number of ether oxygens (including phenoxy) is 2. The van der Waals surface area contributed by atoms with E-state index in [4.69, 9.17) is 9.47 Å². The summed E-state index contributed by atoms with van der Waals surface area (Å²) in [5.41, 5.74) is -1.24. The molecule has 10 nitrogen and oxygen atoms in total. The summed E-state index contributed by atoms with van der Waals surface area (Å²) in [4.78, 5) is 59.8. The number of halogens is 1. The van der Waals surface area contributed by atoms with Crippen LogP contribution in [0.15, 0.2) is 55.6 Å². The maximum Gasteiger partial charge on any atom is 0.313 e. The van der Waals surface area contributed by atoms with Crippen LogP contribution in [0.5, 0.6) is 0 Å². The van der Waals surface area contributed by atoms with Crippen LogP contribution in [0.4, 0.5) is 0 Å². The molecule has 2 bridgehead atoms. The van der Waals surface area contributed by atoms with E-state index in [0.717, 1.165) is 0 Å². The molecule has 1 aromatic rings. The number of amides is 3. The first-order valence-electron chi connectivity index (χ1n) is 17.8. The fourth-order valence-corrected chi connectivity index (χ4v) is 9.50. The monoisotopic (exact) mass is 757 g/mol. The van der Waals surface area contributed by atoms with E-state index in [1.165, 1.54) is 0 Å². The third-order valence-corrected chi connectivity index (χ3v) is 11.0. The minimum absolute atomic E-state index is 0.0450. The fourth-order valence-electron chi connectivity index (χ4n) is 8.56. The number of alkyl halides is 1. The van der Waals surface area contributed by atoms with Gasteiger partial charge in [0.15, 0.2) is 0 Å². The van der Waals surface area contributed by atoms with Crippen molar-refractivity contribution in [2.75, 3.05) is 19.7 Å². The molecule has 8 atom stereocenters. The molecule has 3 heterocycles. The second-order valence-electron chi connectivity index (χ2n) is 15.9. The van der Waals surface area contributed by atoms with Crippen molar-refractivity contribution in [2.45, 2.75) is 120 Å². The molecule has 3 amide bonds. The van der Waals surface area contributed by atoms with E-state index in [-0.39, 0.29) is 54.1 Å². The SMILES string of the molecule is C=CCCC(=O)N[C@@H](C)[C@H](OC(=O)[C@H]1[C@@H]2O[C@@]3(CC2Br)[C@@H]1C(=O)N(CCCCO)[C@@H]3C(=O)N(CC=C)C(C)(C)CC(C)(C)C)c1ccccc1. The largest absolute Gasteiger partial charge is 0.455 e. The highest BCUT2D eigenvalue weighted by Crippen LogP contribution is 2.60. The number of benzene rings is 1. The molecule has 2 N–H and O–H groups in total. The molecule has 1 unspecified atom stereocenters. The molecule has 0 saturated carbocycles. The lowest BCUT2D eigenvalue weighted by atomic mass is 9.70. The molecule has 11 heteroatoms. The van der Waals surface area contributed by atoms with Gasteiger partial charge in [0.1, 0.15) is 17.7 Å². The number of fused-ring (bicyclic) bond motifs is 1. The second-order valence-corrected chi connectivity index (χ2v) is 17.0. The number of hydrogen-bond donors (Lipinski definition) is 2. The Kier molecular flexibility index (Phi) is 12.8. The summed E-state index contributed by atoms with van der Waals surface area (Å²) in [5, 5.41) is 12.5. The van der Waals surface area contributed by atoms with Gasteiger partial charge in [0.2, 0.25) is 17.7 Å². The Bertz CT molecular complexity index is 1410. The maximum absolute atomic E-state index is 15.0. The minimum Gasteiger partial charge on any atom is -0.455 e. The number of allylic oxidation sites excluding steroid dienone is 1. The summed E-state index contributed by atoms with van der Waals surface area (Å²) in [6, 6.07) is 7.65. The first-order chi connectivity index (χ1) is 23.5. The molecule has 50 heavy (non-hydrogen) atoms. The van der Waals surface area contributed by atoms with Crippen molar-refractivity contribution in [2.24, 2.45) is 17.3 Å². The third kappa shape index (κ3) is 8.20. The van der Waals surface area contributed by atoms with Crippen LogP contribution in [-0.4, -0.2) is 92.4 Å². The van der Waals surface area contributed by atoms with Gasteiger partial charge in [0.05, 0.1) is 24.0 Å². The maximum atomic E-state index is 15.0. The molecule has 3 saturated heterocycles. The molecule has 3 aliphatic heterocycles. The van der Waals surface area contributed by atoms with Crippen molar-refractivity contribution in [1.82, 2.24) is 15.1 Å². The van der Waals surface area contributed by atoms with Crippen LogP contribution < -0.4 is 5.32 Å². The number of aliphatic hydroxyl groups excluding tert-OH is 1. The Morgan fingerprint density at radius 2 is 1.84 bits per heavy atom. The molecule has 4 rings (SSSR count). The predicted octanol–water partition coefficient (Wildman–Crippen LogP) is 5.49. The van der Waals surface area contributed by atoms with Gasteiger partial charge in [0.25, 0.3) is 0 Å². The highest BCUT2D eigenvalue weighted by atomic mass is 79.9. The number of nitrogens with one attached hydrogen (secondary N) is 1. The number of likely N-dealkylation sites (tertiary alicyclic amines) is 1. The number of carbonyl (C=O) groups excluding carboxylic acids is 4. The Labute approximate surface area is 306 Å². The molecular formula is C39H56BrN3O7. The summed E-state index contributed by atoms with van der Waals surface area (Å²) < 4.78 is 13.0. The molecule has 3 aliphatic rings. The van der Waals surface area contributed by atoms with Crippen molar-refractivity contribution in [3.63, 3.8) is 0 Å². The third-order valence-electron chi connectivity index (χ3n) is 10.2. The normalized spacial score (nSPS) is 27.0. The van der Waals surface area contributed by atoms with Crippen LogP contribution in [-0.2, 0) is 28.7 Å². The zero-order valence-electron chi connectivity index (χ0n) is 30.5. The average Bonchev–Trinajstić information content (AvgIpc) is 3.63. The Morgan fingerprint density at radius 3 is 2.44 bits per heavy atom. The number of nitrogens with zero attached hydrogens (tertiary/aromatic N) is 2. The molecule has 1 spiro atoms. The smallest absolute Gasteiger partial charge is 0.313 e. The van der Waals surface area contributed by atoms with Gasteiger partial charge in [-0.3, -0.25) is 19.2 Å². The Hall–Kier alpha value is -3.02. The number of unbranched alkanes of at least 4 members (excludes halogenated alkanes) is 1. The van der Waals surface area contributed by atoms with E-state index in [1.54, 1.807) is 28.9 Å². The lowest BCUT2D eigenvalue weighted by Crippen LogP contribution is -2.61. The van der Waals surface area contributed by atoms with Gasteiger partial charge in [-0.15, -0.1) is 13.2 Å². The summed E-state index contributed by atoms with van der Waals surface area (Å²) in [6.07, 6.45) is 4.61. The fraction of sp³-hybridized carbons (Fsp3) is 0.641. The average molecular weight is 759 g/mol. The zero-order chi connectivity index (χ0) is 37.0. The van der Waals surface area contributed by atoms with Crippen LogP contribution in [0, 0.1) is 17.3 Å². The number of esters is 1. The van der Waals surface area contributed by atoms with Gasteiger partial charge in [-0.05, 0) is 63.9 Å². The van der Waals surface area contributed by atoms with Gasteiger partial charge in [0, 0.05) is 36.5 Å². The van der Waals surface area contributed by atoms with E-state index in [2.05, 4.69) is 55.2 Å². The second kappa shape index (κ2) is 16.1. The Morgan fingerprint density at radius 1 is 1.16 bits per heavy atom. The van der Waals surface area contributed by atoms with Crippen LogP contribution in [0.3, 0.4) is 0 Å². The quantitative estimate of drug-likeness (QED) is 0.0932. The molecule has 1 aromatic carbocycles. The van der Waals surface area contributed by atoms with Gasteiger partial charge >= 0.3 is 5.97 Å². The van der Waals surface area contributed by atoms with Crippen molar-refractivity contribution >= 4 is 39.6 Å². The van der Waals surface area contributed by atoms with Gasteiger partial charge in [-0.25, -0.2) is 0 Å². The standard InChI is InChI=1S/C39H56BrN3O7/c1-9-11-19-28(45)41-25(3)31(26-17-13-12-14-18-26)49-36(48)29-30-34(46)42(21-15-16-22-44)33(39(30)23-27(40)32(29)50-39)35(47)43(20-10-2)38(7,8)24-37(4,5)6/h9-10,12-14,17-18,25,27,29-33,44H,1-2,11,15-16,19-24H2,3-8H3,(H,41,45)/t25-,27?,29+,30-,31-,32+,33+,39-/m0/s1. The van der Waals surface area contributed by atoms with Crippen LogP contribution in [0.2, 0.25) is 0 Å². The molecule has 0 radical (unpaired) electrons. The van der Waals surface area contributed by atoms with E-state index < -0.39 is 53.2 Å². The number of rotatable bonds is 17. The highest BCUT2D eigenvalue weighted by molar-refractivity contribution is 9.09. The highest BCUT2D eigenvalue weighted by Gasteiger charge is 2.77. The van der Waals surface area contributed by atoms with Gasteiger partial charge < -0.3 is 29.7 Å². The summed E-state index contributed by atoms with van der Waals surface area (Å²) >= 11 is 3.76. The summed E-state index contributed by atoms with van der Waals surface area (Å²) in [7, 11) is 0. The van der Waals surface area contributed by atoms with Crippen molar-refractivity contribution in [3.8, 4) is 0 Å². The van der Waals surface area contributed by atoms with Gasteiger partial charge in [-0.2, -0.15) is 0 Å². The summed E-state index contributed by atoms with van der Waals surface area (Å²) in [5.74, 6) is -3.29. The van der Waals surface area contributed by atoms with E-state index in [0.29, 0.717) is 37.7 Å². The van der Waals surface area contributed by atoms with Crippen LogP contribution in [0.1, 0.15) is 91.7 Å². The topological polar surface area (TPSA) is 125 Å². The van der Waals surface area contributed by atoms with Crippen LogP contribution in [0.25, 0.3) is 0 Å². The molecular weight excluding hydrogens is 702 g/mol. The van der Waals surface area contributed by atoms with Crippen molar-refractivity contribution in [3.05, 3.63) is 61.2 Å². The minimum atomic E-state index is -1.26. The lowest BCUT2D eigenvalue weighted by molar-refractivity contribution is -0.162. The molecule has 0 aromatic heterocycles. The summed E-state index contributed by atoms with van der Waals surface area (Å²) in [6.45, 7) is 20.3.